The van der Waals surface area contributed by atoms with Gasteiger partial charge in [0.25, 0.3) is 5.91 Å². The third-order valence-corrected chi connectivity index (χ3v) is 3.31. The second kappa shape index (κ2) is 9.20. The first kappa shape index (κ1) is 17.3. The minimum Gasteiger partial charge on any atom is -0.384 e. The lowest BCUT2D eigenvalue weighted by molar-refractivity contribution is 0.0702. The number of hydrogen-bond acceptors (Lipinski definition) is 2. The molecule has 0 aliphatic carbocycles. The predicted octanol–water partition coefficient (Wildman–Crippen LogP) is 3.07. The van der Waals surface area contributed by atoms with Gasteiger partial charge in [0, 0.05) is 23.7 Å². The van der Waals surface area contributed by atoms with Crippen molar-refractivity contribution in [3.05, 3.63) is 35.4 Å². The molecular formula is C18H25NO2. The van der Waals surface area contributed by atoms with Crippen LogP contribution < -0.4 is 0 Å². The van der Waals surface area contributed by atoms with Crippen molar-refractivity contribution < 1.29 is 9.90 Å². The molecule has 0 aliphatic rings. The predicted molar refractivity (Wildman–Crippen MR) is 86.1 cm³/mol. The van der Waals surface area contributed by atoms with E-state index in [-0.39, 0.29) is 18.6 Å². The van der Waals surface area contributed by atoms with E-state index in [4.69, 9.17) is 5.11 Å². The zero-order valence-electron chi connectivity index (χ0n) is 13.2. The Labute approximate surface area is 128 Å². The number of carbonyl (C=O) groups is 1. The maximum absolute atomic E-state index is 12.6. The Kier molecular flexibility index (Phi) is 7.56. The molecule has 21 heavy (non-hydrogen) atoms. The number of aliphatic hydroxyl groups excluding tert-OH is 1. The standard InChI is InChI=1S/C18H25NO2/c1-4-5-6-12-19(15(2)3)18(21)17-11-7-9-16(14-17)10-8-13-20/h7,9,11,14-15,20H,4-6,12-13H2,1-3H3. The van der Waals surface area contributed by atoms with Crippen molar-refractivity contribution in [1.82, 2.24) is 4.90 Å². The Hall–Kier alpha value is -1.79. The Morgan fingerprint density at radius 1 is 1.33 bits per heavy atom. The van der Waals surface area contributed by atoms with Gasteiger partial charge in [0.2, 0.25) is 0 Å². The molecule has 0 aromatic heterocycles. The molecule has 1 aromatic rings. The number of amides is 1. The first-order chi connectivity index (χ1) is 10.1. The van der Waals surface area contributed by atoms with Crippen molar-refractivity contribution in [2.45, 2.75) is 46.1 Å². The van der Waals surface area contributed by atoms with Crippen molar-refractivity contribution >= 4 is 5.91 Å². The summed E-state index contributed by atoms with van der Waals surface area (Å²) in [5.74, 6) is 5.49. The van der Waals surface area contributed by atoms with Gasteiger partial charge in [-0.1, -0.05) is 37.7 Å². The van der Waals surface area contributed by atoms with Crippen LogP contribution in [-0.2, 0) is 0 Å². The normalized spacial score (nSPS) is 10.1. The fourth-order valence-electron chi connectivity index (χ4n) is 2.16. The smallest absolute Gasteiger partial charge is 0.254 e. The van der Waals surface area contributed by atoms with Crippen LogP contribution in [0.15, 0.2) is 24.3 Å². The Bertz CT molecular complexity index is 511. The average Bonchev–Trinajstić information content (AvgIpc) is 2.49. The van der Waals surface area contributed by atoms with E-state index >= 15 is 0 Å². The molecule has 1 rings (SSSR count). The van der Waals surface area contributed by atoms with Crippen LogP contribution >= 0.6 is 0 Å². The van der Waals surface area contributed by atoms with E-state index < -0.39 is 0 Å². The highest BCUT2D eigenvalue weighted by Crippen LogP contribution is 2.12. The molecule has 1 N–H and O–H groups in total. The molecule has 1 amide bonds. The van der Waals surface area contributed by atoms with Gasteiger partial charge in [-0.05, 0) is 38.5 Å². The summed E-state index contributed by atoms with van der Waals surface area (Å²) in [6.07, 6.45) is 3.31. The summed E-state index contributed by atoms with van der Waals surface area (Å²) in [5, 5.41) is 8.74. The van der Waals surface area contributed by atoms with E-state index in [1.165, 1.54) is 0 Å². The van der Waals surface area contributed by atoms with Crippen molar-refractivity contribution in [2.24, 2.45) is 0 Å². The summed E-state index contributed by atoms with van der Waals surface area (Å²) < 4.78 is 0. The van der Waals surface area contributed by atoms with Gasteiger partial charge >= 0.3 is 0 Å². The fourth-order valence-corrected chi connectivity index (χ4v) is 2.16. The number of nitrogens with zero attached hydrogens (tertiary/aromatic N) is 1. The summed E-state index contributed by atoms with van der Waals surface area (Å²) in [6.45, 7) is 6.85. The summed E-state index contributed by atoms with van der Waals surface area (Å²) in [5.41, 5.74) is 1.41. The molecule has 3 nitrogen and oxygen atoms in total. The van der Waals surface area contributed by atoms with Crippen molar-refractivity contribution in [3.8, 4) is 11.8 Å². The minimum absolute atomic E-state index is 0.0498. The van der Waals surface area contributed by atoms with E-state index in [1.54, 1.807) is 6.07 Å². The first-order valence-corrected chi connectivity index (χ1v) is 7.61. The van der Waals surface area contributed by atoms with Crippen LogP contribution in [0.2, 0.25) is 0 Å². The van der Waals surface area contributed by atoms with Crippen LogP contribution in [0.4, 0.5) is 0 Å². The lowest BCUT2D eigenvalue weighted by Crippen LogP contribution is -2.37. The highest BCUT2D eigenvalue weighted by Gasteiger charge is 2.18. The number of benzene rings is 1. The lowest BCUT2D eigenvalue weighted by atomic mass is 10.1. The molecule has 3 heteroatoms. The van der Waals surface area contributed by atoms with Gasteiger partial charge in [-0.15, -0.1) is 0 Å². The SMILES string of the molecule is CCCCCN(C(=O)c1cccc(C#CCO)c1)C(C)C. The third kappa shape index (κ3) is 5.61. The van der Waals surface area contributed by atoms with Crippen LogP contribution in [-0.4, -0.2) is 35.1 Å². The number of unbranched alkanes of at least 4 members (excludes halogenated alkanes) is 2. The van der Waals surface area contributed by atoms with E-state index in [2.05, 4.69) is 18.8 Å². The number of aliphatic hydroxyl groups is 1. The fraction of sp³-hybridized carbons (Fsp3) is 0.500. The third-order valence-electron chi connectivity index (χ3n) is 3.31. The molecule has 0 radical (unpaired) electrons. The maximum atomic E-state index is 12.6. The molecule has 0 aliphatic heterocycles. The van der Waals surface area contributed by atoms with Gasteiger partial charge in [-0.2, -0.15) is 0 Å². The topological polar surface area (TPSA) is 40.5 Å². The molecule has 114 valence electrons. The molecule has 0 atom stereocenters. The highest BCUT2D eigenvalue weighted by atomic mass is 16.2. The second-order valence-electron chi connectivity index (χ2n) is 5.34. The van der Waals surface area contributed by atoms with Crippen LogP contribution in [0, 0.1) is 11.8 Å². The molecular weight excluding hydrogens is 262 g/mol. The first-order valence-electron chi connectivity index (χ1n) is 7.61. The van der Waals surface area contributed by atoms with Crippen molar-refractivity contribution in [3.63, 3.8) is 0 Å². The molecule has 0 saturated carbocycles. The second-order valence-corrected chi connectivity index (χ2v) is 5.34. The zero-order valence-corrected chi connectivity index (χ0v) is 13.2. The zero-order chi connectivity index (χ0) is 15.7. The summed E-state index contributed by atoms with van der Waals surface area (Å²) in [7, 11) is 0. The summed E-state index contributed by atoms with van der Waals surface area (Å²) in [4.78, 5) is 14.5. The average molecular weight is 287 g/mol. The van der Waals surface area contributed by atoms with Gasteiger partial charge in [-0.3, -0.25) is 4.79 Å². The van der Waals surface area contributed by atoms with Gasteiger partial charge < -0.3 is 10.0 Å². The number of carbonyl (C=O) groups excluding carboxylic acids is 1. The van der Waals surface area contributed by atoms with Gasteiger partial charge in [0.15, 0.2) is 0 Å². The van der Waals surface area contributed by atoms with E-state index in [9.17, 15) is 4.79 Å². The summed E-state index contributed by atoms with van der Waals surface area (Å²) in [6, 6.07) is 7.47. The molecule has 0 bridgehead atoms. The van der Waals surface area contributed by atoms with Crippen LogP contribution in [0.5, 0.6) is 0 Å². The van der Waals surface area contributed by atoms with Crippen molar-refractivity contribution in [1.29, 1.82) is 0 Å². The van der Waals surface area contributed by atoms with E-state index in [1.807, 2.05) is 36.9 Å². The Morgan fingerprint density at radius 2 is 2.10 bits per heavy atom. The van der Waals surface area contributed by atoms with Crippen LogP contribution in [0.1, 0.15) is 56.0 Å². The van der Waals surface area contributed by atoms with Crippen LogP contribution in [0.3, 0.4) is 0 Å². The summed E-state index contributed by atoms with van der Waals surface area (Å²) >= 11 is 0. The highest BCUT2D eigenvalue weighted by molar-refractivity contribution is 5.94. The monoisotopic (exact) mass is 287 g/mol. The number of rotatable bonds is 6. The van der Waals surface area contributed by atoms with Gasteiger partial charge in [0.05, 0.1) is 0 Å². The molecule has 0 unspecified atom stereocenters. The lowest BCUT2D eigenvalue weighted by Gasteiger charge is -2.27. The minimum atomic E-state index is -0.173. The number of hydrogen-bond donors (Lipinski definition) is 1. The van der Waals surface area contributed by atoms with Gasteiger partial charge in [-0.25, -0.2) is 0 Å². The Morgan fingerprint density at radius 3 is 2.71 bits per heavy atom. The molecule has 0 spiro atoms. The molecule has 0 saturated heterocycles. The van der Waals surface area contributed by atoms with Gasteiger partial charge in [0.1, 0.15) is 6.61 Å². The molecule has 0 fully saturated rings. The van der Waals surface area contributed by atoms with E-state index in [0.29, 0.717) is 5.56 Å². The quantitative estimate of drug-likeness (QED) is 0.645. The van der Waals surface area contributed by atoms with Crippen molar-refractivity contribution in [2.75, 3.05) is 13.2 Å². The van der Waals surface area contributed by atoms with Crippen LogP contribution in [0.25, 0.3) is 0 Å². The molecule has 0 heterocycles. The maximum Gasteiger partial charge on any atom is 0.254 e. The Balaban J connectivity index is 2.87. The van der Waals surface area contributed by atoms with E-state index in [0.717, 1.165) is 31.4 Å². The molecule has 1 aromatic carbocycles. The largest absolute Gasteiger partial charge is 0.384 e.